The van der Waals surface area contributed by atoms with Gasteiger partial charge in [0, 0.05) is 35.4 Å². The summed E-state index contributed by atoms with van der Waals surface area (Å²) in [5.41, 5.74) is 0.279. The van der Waals surface area contributed by atoms with Gasteiger partial charge in [-0.25, -0.2) is 0 Å². The Hall–Kier alpha value is -0.380. The summed E-state index contributed by atoms with van der Waals surface area (Å²) >= 11 is 1.93. The van der Waals surface area contributed by atoms with Crippen molar-refractivity contribution in [3.05, 3.63) is 21.9 Å². The Bertz CT molecular complexity index is 350. The lowest BCUT2D eigenvalue weighted by Crippen LogP contribution is -2.33. The molecule has 0 aliphatic rings. The fourth-order valence-corrected chi connectivity index (χ4v) is 2.64. The Morgan fingerprint density at radius 1 is 1.28 bits per heavy atom. The molecule has 3 heteroatoms. The van der Waals surface area contributed by atoms with Crippen LogP contribution < -0.4 is 5.32 Å². The van der Waals surface area contributed by atoms with Crippen LogP contribution >= 0.6 is 11.3 Å². The van der Waals surface area contributed by atoms with Crippen molar-refractivity contribution in [2.45, 2.75) is 52.6 Å². The molecule has 0 amide bonds. The molecule has 0 fully saturated rings. The predicted octanol–water partition coefficient (Wildman–Crippen LogP) is 3.48. The van der Waals surface area contributed by atoms with Gasteiger partial charge in [-0.3, -0.25) is 0 Å². The molecule has 1 aromatic heterocycles. The first-order chi connectivity index (χ1) is 8.30. The summed E-state index contributed by atoms with van der Waals surface area (Å²) in [5.74, 6) is 0. The quantitative estimate of drug-likeness (QED) is 0.795. The van der Waals surface area contributed by atoms with Crippen molar-refractivity contribution in [1.29, 1.82) is 0 Å². The van der Waals surface area contributed by atoms with Gasteiger partial charge >= 0.3 is 0 Å². The van der Waals surface area contributed by atoms with E-state index in [1.807, 2.05) is 11.3 Å². The summed E-state index contributed by atoms with van der Waals surface area (Å²) in [6.07, 6.45) is 0. The first-order valence-corrected chi connectivity index (χ1v) is 7.62. The van der Waals surface area contributed by atoms with Crippen molar-refractivity contribution in [2.75, 3.05) is 20.1 Å². The molecule has 1 aromatic rings. The van der Waals surface area contributed by atoms with Gasteiger partial charge in [0.2, 0.25) is 0 Å². The van der Waals surface area contributed by atoms with Crippen molar-refractivity contribution >= 4 is 11.3 Å². The molecule has 0 aromatic carbocycles. The van der Waals surface area contributed by atoms with Gasteiger partial charge < -0.3 is 10.2 Å². The molecular weight excluding hydrogens is 240 g/mol. The predicted molar refractivity (Wildman–Crippen MR) is 82.5 cm³/mol. The van der Waals surface area contributed by atoms with E-state index in [-0.39, 0.29) is 5.41 Å². The molecule has 104 valence electrons. The smallest absolute Gasteiger partial charge is 0.0300 e. The van der Waals surface area contributed by atoms with E-state index in [1.165, 1.54) is 9.75 Å². The van der Waals surface area contributed by atoms with Crippen molar-refractivity contribution < 1.29 is 0 Å². The third kappa shape index (κ3) is 5.09. The number of rotatable bonds is 6. The lowest BCUT2D eigenvalue weighted by atomic mass is 9.95. The molecule has 0 spiro atoms. The normalized spacial score (nSPS) is 12.7. The van der Waals surface area contributed by atoms with E-state index >= 15 is 0 Å². The average Bonchev–Trinajstić information content (AvgIpc) is 2.72. The van der Waals surface area contributed by atoms with E-state index in [2.05, 4.69) is 64.0 Å². The molecule has 0 unspecified atom stereocenters. The van der Waals surface area contributed by atoms with Crippen LogP contribution in [0, 0.1) is 0 Å². The zero-order valence-electron chi connectivity index (χ0n) is 12.7. The molecule has 0 bridgehead atoms. The van der Waals surface area contributed by atoms with Crippen LogP contribution in [0.15, 0.2) is 12.1 Å². The molecule has 1 N–H and O–H groups in total. The number of likely N-dealkylation sites (N-methyl/N-ethyl adjacent to an activating group) is 1. The van der Waals surface area contributed by atoms with Crippen LogP contribution in [0.1, 0.15) is 44.4 Å². The van der Waals surface area contributed by atoms with Crippen LogP contribution in [0.2, 0.25) is 0 Å². The minimum atomic E-state index is 0.279. The highest BCUT2D eigenvalue weighted by Crippen LogP contribution is 2.29. The third-order valence-corrected chi connectivity index (χ3v) is 4.73. The first-order valence-electron chi connectivity index (χ1n) is 6.81. The lowest BCUT2D eigenvalue weighted by molar-refractivity contribution is 0.273. The maximum Gasteiger partial charge on any atom is 0.0300 e. The van der Waals surface area contributed by atoms with E-state index < -0.39 is 0 Å². The van der Waals surface area contributed by atoms with Crippen LogP contribution in [-0.2, 0) is 12.0 Å². The molecule has 0 radical (unpaired) electrons. The molecular formula is C15H28N2S. The van der Waals surface area contributed by atoms with Gasteiger partial charge in [-0.05, 0) is 38.4 Å². The minimum Gasteiger partial charge on any atom is -0.311 e. The SMILES string of the molecule is CC(C)N(C)CCNCc1ccc(C(C)(C)C)s1. The first kappa shape index (κ1) is 15.7. The molecule has 0 saturated carbocycles. The summed E-state index contributed by atoms with van der Waals surface area (Å²) in [6.45, 7) is 14.4. The Labute approximate surface area is 116 Å². The maximum absolute atomic E-state index is 3.52. The van der Waals surface area contributed by atoms with Crippen molar-refractivity contribution in [3.8, 4) is 0 Å². The third-order valence-electron chi connectivity index (χ3n) is 3.22. The molecule has 1 heterocycles. The molecule has 2 nitrogen and oxygen atoms in total. The number of nitrogens with one attached hydrogen (secondary N) is 1. The van der Waals surface area contributed by atoms with E-state index in [1.54, 1.807) is 0 Å². The zero-order valence-corrected chi connectivity index (χ0v) is 13.5. The van der Waals surface area contributed by atoms with Crippen LogP contribution in [0.3, 0.4) is 0 Å². The minimum absolute atomic E-state index is 0.279. The van der Waals surface area contributed by atoms with Gasteiger partial charge in [0.05, 0.1) is 0 Å². The van der Waals surface area contributed by atoms with Gasteiger partial charge in [0.1, 0.15) is 0 Å². The molecule has 0 saturated heterocycles. The number of hydrogen-bond acceptors (Lipinski definition) is 3. The molecule has 1 rings (SSSR count). The topological polar surface area (TPSA) is 15.3 Å². The van der Waals surface area contributed by atoms with Gasteiger partial charge in [0.15, 0.2) is 0 Å². The van der Waals surface area contributed by atoms with Crippen molar-refractivity contribution in [3.63, 3.8) is 0 Å². The van der Waals surface area contributed by atoms with Crippen molar-refractivity contribution in [1.82, 2.24) is 10.2 Å². The number of thiophene rings is 1. The van der Waals surface area contributed by atoms with Crippen LogP contribution in [0.4, 0.5) is 0 Å². The summed E-state index contributed by atoms with van der Waals surface area (Å²) in [6, 6.07) is 5.15. The van der Waals surface area contributed by atoms with Crippen LogP contribution in [0.25, 0.3) is 0 Å². The zero-order chi connectivity index (χ0) is 13.8. The number of nitrogens with zero attached hydrogens (tertiary/aromatic N) is 1. The van der Waals surface area contributed by atoms with Crippen molar-refractivity contribution in [2.24, 2.45) is 0 Å². The molecule has 0 aliphatic carbocycles. The highest BCUT2D eigenvalue weighted by Gasteiger charge is 2.15. The Kier molecular flexibility index (Phi) is 5.83. The highest BCUT2D eigenvalue weighted by atomic mass is 32.1. The van der Waals surface area contributed by atoms with E-state index in [9.17, 15) is 0 Å². The van der Waals surface area contributed by atoms with Crippen LogP contribution in [-0.4, -0.2) is 31.1 Å². The van der Waals surface area contributed by atoms with E-state index in [4.69, 9.17) is 0 Å². The number of hydrogen-bond donors (Lipinski definition) is 1. The summed E-state index contributed by atoms with van der Waals surface area (Å²) < 4.78 is 0. The highest BCUT2D eigenvalue weighted by molar-refractivity contribution is 7.12. The maximum atomic E-state index is 3.52. The summed E-state index contributed by atoms with van der Waals surface area (Å²) in [7, 11) is 2.18. The van der Waals surface area contributed by atoms with Gasteiger partial charge in [-0.2, -0.15) is 0 Å². The van der Waals surface area contributed by atoms with Gasteiger partial charge in [0.25, 0.3) is 0 Å². The fraction of sp³-hybridized carbons (Fsp3) is 0.733. The summed E-state index contributed by atoms with van der Waals surface area (Å²) in [5, 5.41) is 3.52. The monoisotopic (exact) mass is 268 g/mol. The Morgan fingerprint density at radius 3 is 2.44 bits per heavy atom. The standard InChI is InChI=1S/C15H28N2S/c1-12(2)17(6)10-9-16-11-13-7-8-14(18-13)15(3,4)5/h7-8,12,16H,9-11H2,1-6H3. The molecule has 0 aliphatic heterocycles. The fourth-order valence-electron chi connectivity index (χ4n) is 1.60. The lowest BCUT2D eigenvalue weighted by Gasteiger charge is -2.20. The second-order valence-corrected chi connectivity index (χ2v) is 7.44. The largest absolute Gasteiger partial charge is 0.311 e. The van der Waals surface area contributed by atoms with E-state index in [0.717, 1.165) is 19.6 Å². The molecule has 18 heavy (non-hydrogen) atoms. The van der Waals surface area contributed by atoms with Gasteiger partial charge in [-0.15, -0.1) is 11.3 Å². The average molecular weight is 268 g/mol. The second kappa shape index (κ2) is 6.69. The Balaban J connectivity index is 2.30. The second-order valence-electron chi connectivity index (χ2n) is 6.27. The Morgan fingerprint density at radius 2 is 1.94 bits per heavy atom. The van der Waals surface area contributed by atoms with Gasteiger partial charge in [-0.1, -0.05) is 20.8 Å². The molecule has 0 atom stereocenters. The summed E-state index contributed by atoms with van der Waals surface area (Å²) in [4.78, 5) is 5.27. The van der Waals surface area contributed by atoms with E-state index in [0.29, 0.717) is 6.04 Å². The van der Waals surface area contributed by atoms with Crippen LogP contribution in [0.5, 0.6) is 0 Å².